The minimum atomic E-state index is -0.173. The molecule has 0 unspecified atom stereocenters. The molecule has 4 nitrogen and oxygen atoms in total. The highest BCUT2D eigenvalue weighted by molar-refractivity contribution is 7.99. The van der Waals surface area contributed by atoms with E-state index in [1.165, 1.54) is 28.8 Å². The van der Waals surface area contributed by atoms with E-state index in [9.17, 15) is 4.39 Å². The van der Waals surface area contributed by atoms with Crippen LogP contribution in [0.4, 0.5) is 10.1 Å². The van der Waals surface area contributed by atoms with Gasteiger partial charge in [-0.1, -0.05) is 24.3 Å². The Morgan fingerprint density at radius 3 is 2.30 bits per heavy atom. The first-order valence-corrected chi connectivity index (χ1v) is 10.4. The number of halogens is 1. The smallest absolute Gasteiger partial charge is 0.191 e. The monoisotopic (exact) mass is 386 g/mol. The topological polar surface area (TPSA) is 39.7 Å². The first-order chi connectivity index (χ1) is 13.2. The van der Waals surface area contributed by atoms with Crippen molar-refractivity contribution in [2.75, 3.05) is 36.5 Å². The normalized spacial score (nSPS) is 14.9. The van der Waals surface area contributed by atoms with Gasteiger partial charge in [-0.15, -0.1) is 0 Å². The summed E-state index contributed by atoms with van der Waals surface area (Å²) >= 11 is 2.02. The maximum absolute atomic E-state index is 13.4. The minimum absolute atomic E-state index is 0.173. The first kappa shape index (κ1) is 19.5. The second-order valence-corrected chi connectivity index (χ2v) is 7.85. The molecule has 0 aromatic heterocycles. The van der Waals surface area contributed by atoms with E-state index >= 15 is 0 Å². The van der Waals surface area contributed by atoms with E-state index in [1.807, 2.05) is 17.8 Å². The number of nitrogens with one attached hydrogen (secondary N) is 2. The van der Waals surface area contributed by atoms with E-state index in [-0.39, 0.29) is 5.82 Å². The van der Waals surface area contributed by atoms with Gasteiger partial charge in [-0.3, -0.25) is 4.99 Å². The maximum Gasteiger partial charge on any atom is 0.191 e. The molecular weight excluding hydrogens is 359 g/mol. The molecule has 0 radical (unpaired) electrons. The van der Waals surface area contributed by atoms with Crippen LogP contribution in [0, 0.1) is 12.7 Å². The lowest BCUT2D eigenvalue weighted by Crippen LogP contribution is -2.36. The molecule has 6 heteroatoms. The number of anilines is 1. The van der Waals surface area contributed by atoms with E-state index in [4.69, 9.17) is 0 Å². The lowest BCUT2D eigenvalue weighted by Gasteiger charge is -2.28. The summed E-state index contributed by atoms with van der Waals surface area (Å²) in [6.07, 6.45) is 0. The zero-order chi connectivity index (χ0) is 19.1. The van der Waals surface area contributed by atoms with Gasteiger partial charge in [-0.2, -0.15) is 11.8 Å². The number of guanidine groups is 1. The Labute approximate surface area is 165 Å². The van der Waals surface area contributed by atoms with E-state index in [0.717, 1.165) is 24.6 Å². The zero-order valence-electron chi connectivity index (χ0n) is 16.0. The molecule has 144 valence electrons. The van der Waals surface area contributed by atoms with Crippen molar-refractivity contribution in [3.05, 3.63) is 65.0 Å². The van der Waals surface area contributed by atoms with Gasteiger partial charge in [0, 0.05) is 50.4 Å². The van der Waals surface area contributed by atoms with Crippen LogP contribution in [0.3, 0.4) is 0 Å². The molecule has 1 heterocycles. The molecule has 0 saturated carbocycles. The number of hydrogen-bond acceptors (Lipinski definition) is 3. The SMILES string of the molecule is CN=C(NCc1ccc(N2CCSCC2)cc1)NCc1ccc(F)c(C)c1. The maximum atomic E-state index is 13.4. The largest absolute Gasteiger partial charge is 0.370 e. The van der Waals surface area contributed by atoms with E-state index in [0.29, 0.717) is 18.7 Å². The highest BCUT2D eigenvalue weighted by Gasteiger charge is 2.10. The van der Waals surface area contributed by atoms with Crippen LogP contribution in [0.1, 0.15) is 16.7 Å². The summed E-state index contributed by atoms with van der Waals surface area (Å²) in [7, 11) is 1.75. The Balaban J connectivity index is 1.49. The van der Waals surface area contributed by atoms with Crippen LogP contribution in [0.15, 0.2) is 47.5 Å². The van der Waals surface area contributed by atoms with Crippen LogP contribution in [-0.2, 0) is 13.1 Å². The molecule has 1 aliphatic rings. The standard InChI is InChI=1S/C21H27FN4S/c1-16-13-18(5-8-20(16)22)15-25-21(23-2)24-14-17-3-6-19(7-4-17)26-9-11-27-12-10-26/h3-8,13H,9-12,14-15H2,1-2H3,(H2,23,24,25). The van der Waals surface area contributed by atoms with Crippen LogP contribution < -0.4 is 15.5 Å². The highest BCUT2D eigenvalue weighted by Crippen LogP contribution is 2.19. The lowest BCUT2D eigenvalue weighted by atomic mass is 10.1. The molecule has 1 fully saturated rings. The minimum Gasteiger partial charge on any atom is -0.370 e. The van der Waals surface area contributed by atoms with Gasteiger partial charge in [-0.05, 0) is 41.8 Å². The van der Waals surface area contributed by atoms with E-state index < -0.39 is 0 Å². The van der Waals surface area contributed by atoms with Crippen molar-refractivity contribution in [2.24, 2.45) is 4.99 Å². The molecule has 0 atom stereocenters. The van der Waals surface area contributed by atoms with Gasteiger partial charge in [0.1, 0.15) is 5.82 Å². The lowest BCUT2D eigenvalue weighted by molar-refractivity contribution is 0.617. The number of benzene rings is 2. The Bertz CT molecular complexity index is 770. The number of hydrogen-bond donors (Lipinski definition) is 2. The molecule has 0 aliphatic carbocycles. The van der Waals surface area contributed by atoms with E-state index in [1.54, 1.807) is 20.0 Å². The molecule has 3 rings (SSSR count). The zero-order valence-corrected chi connectivity index (χ0v) is 16.8. The summed E-state index contributed by atoms with van der Waals surface area (Å²) in [5.74, 6) is 2.97. The van der Waals surface area contributed by atoms with Crippen LogP contribution in [0.2, 0.25) is 0 Å². The van der Waals surface area contributed by atoms with Crippen molar-refractivity contribution in [1.82, 2.24) is 10.6 Å². The van der Waals surface area contributed by atoms with Gasteiger partial charge >= 0.3 is 0 Å². The third kappa shape index (κ3) is 5.63. The van der Waals surface area contributed by atoms with Gasteiger partial charge in [-0.25, -0.2) is 4.39 Å². The molecule has 0 spiro atoms. The fourth-order valence-electron chi connectivity index (χ4n) is 3.06. The molecule has 0 bridgehead atoms. The van der Waals surface area contributed by atoms with Crippen molar-refractivity contribution in [3.63, 3.8) is 0 Å². The molecule has 2 aromatic rings. The summed E-state index contributed by atoms with van der Waals surface area (Å²) < 4.78 is 13.4. The summed E-state index contributed by atoms with van der Waals surface area (Å²) in [5.41, 5.74) is 4.20. The number of aliphatic imine (C=N–C) groups is 1. The molecule has 27 heavy (non-hydrogen) atoms. The summed E-state index contributed by atoms with van der Waals surface area (Å²) in [4.78, 5) is 6.70. The molecule has 0 amide bonds. The molecule has 2 N–H and O–H groups in total. The highest BCUT2D eigenvalue weighted by atomic mass is 32.2. The number of rotatable bonds is 5. The average molecular weight is 387 g/mol. The fourth-order valence-corrected chi connectivity index (χ4v) is 3.96. The Kier molecular flexibility index (Phi) is 6.98. The summed E-state index contributed by atoms with van der Waals surface area (Å²) in [6, 6.07) is 13.9. The molecule has 1 aliphatic heterocycles. The molecular formula is C21H27FN4S. The van der Waals surface area contributed by atoms with Gasteiger partial charge < -0.3 is 15.5 Å². The van der Waals surface area contributed by atoms with Gasteiger partial charge in [0.25, 0.3) is 0 Å². The Morgan fingerprint density at radius 2 is 1.67 bits per heavy atom. The third-order valence-corrected chi connectivity index (χ3v) is 5.62. The quantitative estimate of drug-likeness (QED) is 0.609. The molecule has 1 saturated heterocycles. The van der Waals surface area contributed by atoms with Crippen LogP contribution in [-0.4, -0.2) is 37.6 Å². The van der Waals surface area contributed by atoms with Crippen LogP contribution in [0.5, 0.6) is 0 Å². The van der Waals surface area contributed by atoms with Gasteiger partial charge in [0.2, 0.25) is 0 Å². The predicted molar refractivity (Wildman–Crippen MR) is 114 cm³/mol. The summed E-state index contributed by atoms with van der Waals surface area (Å²) in [5, 5.41) is 6.60. The number of aryl methyl sites for hydroxylation is 1. The fraction of sp³-hybridized carbons (Fsp3) is 0.381. The van der Waals surface area contributed by atoms with Crippen molar-refractivity contribution in [1.29, 1.82) is 0 Å². The Morgan fingerprint density at radius 1 is 1.04 bits per heavy atom. The van der Waals surface area contributed by atoms with Crippen molar-refractivity contribution in [3.8, 4) is 0 Å². The predicted octanol–water partition coefficient (Wildman–Crippen LogP) is 3.55. The van der Waals surface area contributed by atoms with Crippen molar-refractivity contribution in [2.45, 2.75) is 20.0 Å². The van der Waals surface area contributed by atoms with E-state index in [2.05, 4.69) is 44.8 Å². The average Bonchev–Trinajstić information content (AvgIpc) is 2.72. The summed E-state index contributed by atoms with van der Waals surface area (Å²) in [6.45, 7) is 5.34. The van der Waals surface area contributed by atoms with Crippen LogP contribution >= 0.6 is 11.8 Å². The van der Waals surface area contributed by atoms with Gasteiger partial charge in [0.15, 0.2) is 5.96 Å². The second kappa shape index (κ2) is 9.65. The Hall–Kier alpha value is -2.21. The van der Waals surface area contributed by atoms with Crippen molar-refractivity contribution < 1.29 is 4.39 Å². The third-order valence-electron chi connectivity index (χ3n) is 4.68. The van der Waals surface area contributed by atoms with Gasteiger partial charge in [0.05, 0.1) is 0 Å². The van der Waals surface area contributed by atoms with Crippen molar-refractivity contribution >= 4 is 23.4 Å². The molecule has 2 aromatic carbocycles. The number of thioether (sulfide) groups is 1. The number of nitrogens with zero attached hydrogens (tertiary/aromatic N) is 2. The first-order valence-electron chi connectivity index (χ1n) is 9.27. The van der Waals surface area contributed by atoms with Crippen LogP contribution in [0.25, 0.3) is 0 Å². The second-order valence-electron chi connectivity index (χ2n) is 6.63.